The lowest BCUT2D eigenvalue weighted by Crippen LogP contribution is -2.06. The molecule has 94 valence electrons. The minimum Gasteiger partial charge on any atom is -0.197 e. The van der Waals surface area contributed by atoms with E-state index < -0.39 is 0 Å². The SMILES string of the molecule is Cc1ccc(-n2nnnc2C2CCCC2)cc1Br. The highest BCUT2D eigenvalue weighted by Gasteiger charge is 2.23. The third-order valence-electron chi connectivity index (χ3n) is 3.61. The van der Waals surface area contributed by atoms with E-state index in [1.165, 1.54) is 31.2 Å². The van der Waals surface area contributed by atoms with Crippen LogP contribution in [0.15, 0.2) is 22.7 Å². The monoisotopic (exact) mass is 306 g/mol. The fourth-order valence-electron chi connectivity index (χ4n) is 2.53. The number of tetrazole rings is 1. The van der Waals surface area contributed by atoms with Gasteiger partial charge in [0.2, 0.25) is 0 Å². The Morgan fingerprint density at radius 1 is 1.28 bits per heavy atom. The highest BCUT2D eigenvalue weighted by Crippen LogP contribution is 2.33. The molecule has 18 heavy (non-hydrogen) atoms. The number of hydrogen-bond acceptors (Lipinski definition) is 3. The number of aryl methyl sites for hydroxylation is 1. The van der Waals surface area contributed by atoms with Gasteiger partial charge in [-0.05, 0) is 47.9 Å². The van der Waals surface area contributed by atoms with Crippen LogP contribution in [0, 0.1) is 6.92 Å². The van der Waals surface area contributed by atoms with Gasteiger partial charge in [0.05, 0.1) is 5.69 Å². The number of aromatic nitrogens is 4. The predicted molar refractivity (Wildman–Crippen MR) is 72.8 cm³/mol. The molecule has 1 aromatic heterocycles. The Morgan fingerprint density at radius 2 is 2.06 bits per heavy atom. The highest BCUT2D eigenvalue weighted by atomic mass is 79.9. The Bertz CT molecular complexity index is 558. The molecule has 5 heteroatoms. The molecule has 0 atom stereocenters. The molecule has 0 saturated heterocycles. The summed E-state index contributed by atoms with van der Waals surface area (Å²) >= 11 is 3.56. The average Bonchev–Trinajstić information content (AvgIpc) is 3.00. The summed E-state index contributed by atoms with van der Waals surface area (Å²) in [6, 6.07) is 6.22. The predicted octanol–water partition coefficient (Wildman–Crippen LogP) is 3.39. The molecule has 1 saturated carbocycles. The molecule has 0 unspecified atom stereocenters. The van der Waals surface area contributed by atoms with Gasteiger partial charge in [-0.2, -0.15) is 4.68 Å². The maximum atomic E-state index is 4.21. The van der Waals surface area contributed by atoms with E-state index in [1.807, 2.05) is 4.68 Å². The third kappa shape index (κ3) is 2.07. The molecular weight excluding hydrogens is 292 g/mol. The van der Waals surface area contributed by atoms with E-state index in [0.29, 0.717) is 5.92 Å². The smallest absolute Gasteiger partial charge is 0.159 e. The van der Waals surface area contributed by atoms with Crippen LogP contribution in [0.5, 0.6) is 0 Å². The van der Waals surface area contributed by atoms with Crippen molar-refractivity contribution >= 4 is 15.9 Å². The van der Waals surface area contributed by atoms with Crippen molar-refractivity contribution in [3.8, 4) is 5.69 Å². The average molecular weight is 307 g/mol. The number of benzene rings is 1. The largest absolute Gasteiger partial charge is 0.197 e. The maximum Gasteiger partial charge on any atom is 0.159 e. The Balaban J connectivity index is 2.00. The van der Waals surface area contributed by atoms with Crippen molar-refractivity contribution in [1.82, 2.24) is 20.2 Å². The van der Waals surface area contributed by atoms with Gasteiger partial charge in [-0.15, -0.1) is 5.10 Å². The normalized spacial score (nSPS) is 16.3. The molecule has 3 rings (SSSR count). The van der Waals surface area contributed by atoms with Crippen LogP contribution in [0.1, 0.15) is 43.0 Å². The zero-order valence-corrected chi connectivity index (χ0v) is 11.9. The number of rotatable bonds is 2. The highest BCUT2D eigenvalue weighted by molar-refractivity contribution is 9.10. The van der Waals surface area contributed by atoms with E-state index in [4.69, 9.17) is 0 Å². The van der Waals surface area contributed by atoms with Gasteiger partial charge in [0.1, 0.15) is 0 Å². The number of halogens is 1. The van der Waals surface area contributed by atoms with Crippen LogP contribution in [0.25, 0.3) is 5.69 Å². The lowest BCUT2D eigenvalue weighted by atomic mass is 10.1. The van der Waals surface area contributed by atoms with Crippen LogP contribution in [0.4, 0.5) is 0 Å². The van der Waals surface area contributed by atoms with Gasteiger partial charge in [0.15, 0.2) is 5.82 Å². The second-order valence-electron chi connectivity index (χ2n) is 4.86. The fraction of sp³-hybridized carbons (Fsp3) is 0.462. The summed E-state index contributed by atoms with van der Waals surface area (Å²) < 4.78 is 2.97. The second kappa shape index (κ2) is 4.80. The van der Waals surface area contributed by atoms with Crippen LogP contribution in [0.3, 0.4) is 0 Å². The van der Waals surface area contributed by atoms with Crippen molar-refractivity contribution < 1.29 is 0 Å². The van der Waals surface area contributed by atoms with Gasteiger partial charge in [0.25, 0.3) is 0 Å². The van der Waals surface area contributed by atoms with E-state index in [-0.39, 0.29) is 0 Å². The summed E-state index contributed by atoms with van der Waals surface area (Å²) in [5, 5.41) is 12.2. The van der Waals surface area contributed by atoms with Crippen molar-refractivity contribution in [1.29, 1.82) is 0 Å². The molecule has 1 fully saturated rings. The van der Waals surface area contributed by atoms with E-state index in [0.717, 1.165) is 16.0 Å². The van der Waals surface area contributed by atoms with Crippen molar-refractivity contribution in [2.24, 2.45) is 0 Å². The molecular formula is C13H15BrN4. The van der Waals surface area contributed by atoms with Crippen molar-refractivity contribution in [2.45, 2.75) is 38.5 Å². The number of nitrogens with zero attached hydrogens (tertiary/aromatic N) is 4. The lowest BCUT2D eigenvalue weighted by molar-refractivity contribution is 0.636. The van der Waals surface area contributed by atoms with E-state index in [9.17, 15) is 0 Å². The maximum absolute atomic E-state index is 4.21. The van der Waals surface area contributed by atoms with Gasteiger partial charge < -0.3 is 0 Å². The molecule has 0 aliphatic heterocycles. The molecule has 4 nitrogen and oxygen atoms in total. The standard InChI is InChI=1S/C13H15BrN4/c1-9-6-7-11(8-12(9)14)18-13(15-16-17-18)10-4-2-3-5-10/h6-8,10H,2-5H2,1H3. The first-order chi connectivity index (χ1) is 8.75. The minimum absolute atomic E-state index is 0.514. The van der Waals surface area contributed by atoms with Crippen LogP contribution in [-0.2, 0) is 0 Å². The van der Waals surface area contributed by atoms with Crippen molar-refractivity contribution in [3.05, 3.63) is 34.1 Å². The molecule has 0 N–H and O–H groups in total. The van der Waals surface area contributed by atoms with Gasteiger partial charge in [0, 0.05) is 10.4 Å². The quantitative estimate of drug-likeness (QED) is 0.854. The summed E-state index contributed by atoms with van der Waals surface area (Å²) in [5.74, 6) is 1.52. The lowest BCUT2D eigenvalue weighted by Gasteiger charge is -2.10. The second-order valence-corrected chi connectivity index (χ2v) is 5.72. The minimum atomic E-state index is 0.514. The fourth-order valence-corrected chi connectivity index (χ4v) is 2.90. The summed E-state index contributed by atoms with van der Waals surface area (Å²) in [6.07, 6.45) is 4.98. The first-order valence-corrected chi connectivity index (χ1v) is 7.10. The topological polar surface area (TPSA) is 43.6 Å². The third-order valence-corrected chi connectivity index (χ3v) is 4.47. The summed E-state index contributed by atoms with van der Waals surface area (Å²) in [4.78, 5) is 0. The first-order valence-electron chi connectivity index (χ1n) is 6.30. The molecule has 0 radical (unpaired) electrons. The molecule has 2 aromatic rings. The van der Waals surface area contributed by atoms with Gasteiger partial charge in [-0.25, -0.2) is 0 Å². The Labute approximate surface area is 115 Å². The Morgan fingerprint density at radius 3 is 2.78 bits per heavy atom. The van der Waals surface area contributed by atoms with Crippen LogP contribution in [-0.4, -0.2) is 20.2 Å². The molecule has 0 bridgehead atoms. The molecule has 0 spiro atoms. The van der Waals surface area contributed by atoms with Crippen LogP contribution < -0.4 is 0 Å². The molecule has 1 aliphatic carbocycles. The molecule has 1 heterocycles. The van der Waals surface area contributed by atoms with Crippen molar-refractivity contribution in [2.75, 3.05) is 0 Å². The van der Waals surface area contributed by atoms with Crippen LogP contribution >= 0.6 is 15.9 Å². The van der Waals surface area contributed by atoms with Crippen LogP contribution in [0.2, 0.25) is 0 Å². The summed E-state index contributed by atoms with van der Waals surface area (Å²) in [7, 11) is 0. The van der Waals surface area contributed by atoms with Gasteiger partial charge in [-0.1, -0.05) is 34.8 Å². The van der Waals surface area contributed by atoms with E-state index in [2.05, 4.69) is 56.6 Å². The zero-order chi connectivity index (χ0) is 12.5. The summed E-state index contributed by atoms with van der Waals surface area (Å²) in [5.41, 5.74) is 2.24. The van der Waals surface area contributed by atoms with Gasteiger partial charge in [-0.3, -0.25) is 0 Å². The van der Waals surface area contributed by atoms with E-state index >= 15 is 0 Å². The summed E-state index contributed by atoms with van der Waals surface area (Å²) in [6.45, 7) is 2.07. The molecule has 1 aromatic carbocycles. The van der Waals surface area contributed by atoms with E-state index in [1.54, 1.807) is 0 Å². The van der Waals surface area contributed by atoms with Crippen molar-refractivity contribution in [3.63, 3.8) is 0 Å². The zero-order valence-electron chi connectivity index (χ0n) is 10.3. The van der Waals surface area contributed by atoms with Gasteiger partial charge >= 0.3 is 0 Å². The molecule has 0 amide bonds. The molecule has 1 aliphatic rings. The Kier molecular flexibility index (Phi) is 3.16. The Hall–Kier alpha value is -1.23. The number of hydrogen-bond donors (Lipinski definition) is 0. The first kappa shape index (κ1) is 11.8.